The molecule has 0 saturated carbocycles. The van der Waals surface area contributed by atoms with Crippen molar-refractivity contribution in [2.45, 2.75) is 84.1 Å². The summed E-state index contributed by atoms with van der Waals surface area (Å²) in [6, 6.07) is 3.45. The summed E-state index contributed by atoms with van der Waals surface area (Å²) in [5, 5.41) is 2.79. The minimum absolute atomic E-state index is 0.179. The number of hydrogen-bond acceptors (Lipinski definition) is 3. The third-order valence-corrected chi connectivity index (χ3v) is 7.02. The third-order valence-electron chi connectivity index (χ3n) is 7.02. The smallest absolute Gasteiger partial charge is 0.399 e. The predicted octanol–water partition coefficient (Wildman–Crippen LogP) is 3.84. The average molecular weight is 388 g/mol. The van der Waals surface area contributed by atoms with Crippen LogP contribution < -0.4 is 10.8 Å². The van der Waals surface area contributed by atoms with Gasteiger partial charge in [-0.05, 0) is 83.0 Å². The molecular formula is C21H30BFN2O3. The summed E-state index contributed by atoms with van der Waals surface area (Å²) in [6.45, 7) is 12.0. The van der Waals surface area contributed by atoms with Crippen molar-refractivity contribution in [3.8, 4) is 0 Å². The highest BCUT2D eigenvalue weighted by atomic mass is 19.1. The van der Waals surface area contributed by atoms with E-state index in [1.807, 2.05) is 39.5 Å². The molecule has 7 heteroatoms. The molecule has 3 saturated heterocycles. The number of nitrogens with zero attached hydrogens (tertiary/aromatic N) is 1. The van der Waals surface area contributed by atoms with Gasteiger partial charge in [-0.2, -0.15) is 0 Å². The number of rotatable bonds is 2. The van der Waals surface area contributed by atoms with E-state index >= 15 is 0 Å². The van der Waals surface area contributed by atoms with Gasteiger partial charge in [-0.25, -0.2) is 9.18 Å². The lowest BCUT2D eigenvalue weighted by Gasteiger charge is -2.54. The highest BCUT2D eigenvalue weighted by Crippen LogP contribution is 2.41. The van der Waals surface area contributed by atoms with Crippen molar-refractivity contribution in [2.24, 2.45) is 5.92 Å². The molecular weight excluding hydrogens is 358 g/mol. The van der Waals surface area contributed by atoms with Crippen LogP contribution in [-0.2, 0) is 9.31 Å². The lowest BCUT2D eigenvalue weighted by molar-refractivity contribution is -0.00603. The minimum Gasteiger partial charge on any atom is -0.399 e. The molecule has 3 aliphatic rings. The Balaban J connectivity index is 1.54. The Hall–Kier alpha value is -1.60. The molecule has 2 bridgehead atoms. The van der Waals surface area contributed by atoms with Gasteiger partial charge in [0.15, 0.2) is 0 Å². The topological polar surface area (TPSA) is 50.8 Å². The molecule has 3 heterocycles. The maximum Gasteiger partial charge on any atom is 0.495 e. The molecule has 2 unspecified atom stereocenters. The Morgan fingerprint density at radius 1 is 1.14 bits per heavy atom. The highest BCUT2D eigenvalue weighted by molar-refractivity contribution is 6.62. The number of benzene rings is 1. The number of anilines is 1. The second kappa shape index (κ2) is 6.46. The number of halogens is 1. The highest BCUT2D eigenvalue weighted by Gasteiger charge is 2.52. The van der Waals surface area contributed by atoms with Gasteiger partial charge in [0, 0.05) is 12.1 Å². The molecule has 2 amide bonds. The number of nitrogens with one attached hydrogen (secondary N) is 1. The van der Waals surface area contributed by atoms with Gasteiger partial charge in [-0.15, -0.1) is 0 Å². The van der Waals surface area contributed by atoms with Gasteiger partial charge < -0.3 is 19.5 Å². The van der Waals surface area contributed by atoms with Crippen molar-refractivity contribution in [3.63, 3.8) is 0 Å². The molecule has 3 fully saturated rings. The Labute approximate surface area is 167 Å². The van der Waals surface area contributed by atoms with Crippen molar-refractivity contribution in [2.75, 3.05) is 5.32 Å². The molecule has 0 spiro atoms. The van der Waals surface area contributed by atoms with Crippen LogP contribution in [0.15, 0.2) is 12.1 Å². The first-order valence-corrected chi connectivity index (χ1v) is 10.2. The van der Waals surface area contributed by atoms with Gasteiger partial charge in [-0.1, -0.05) is 6.92 Å². The fraction of sp³-hybridized carbons (Fsp3) is 0.667. The number of piperidine rings is 1. The van der Waals surface area contributed by atoms with E-state index in [0.717, 1.165) is 30.3 Å². The van der Waals surface area contributed by atoms with Crippen LogP contribution in [0.4, 0.5) is 14.9 Å². The first-order valence-electron chi connectivity index (χ1n) is 10.2. The van der Waals surface area contributed by atoms with E-state index in [2.05, 4.69) is 12.2 Å². The molecule has 4 rings (SSSR count). The molecule has 1 N–H and O–H groups in total. The van der Waals surface area contributed by atoms with E-state index in [9.17, 15) is 9.18 Å². The van der Waals surface area contributed by atoms with Crippen LogP contribution in [0.25, 0.3) is 0 Å². The quantitative estimate of drug-likeness (QED) is 0.784. The standard InChI is InChI=1S/C21H30BFN2O3/c1-12-7-14-10-15(8-12)25(14)19(26)24-18-11-16(13(2)9-17(18)23)22-27-20(3,4)21(5,6)28-22/h9,11-12,14-15H,7-8,10H2,1-6H3,(H,24,26)/t12?,14-,15?/m1/s1. The van der Waals surface area contributed by atoms with Crippen molar-refractivity contribution in [1.29, 1.82) is 0 Å². The molecule has 0 aromatic heterocycles. The Morgan fingerprint density at radius 2 is 1.71 bits per heavy atom. The lowest BCUT2D eigenvalue weighted by atomic mass is 9.74. The number of amides is 2. The van der Waals surface area contributed by atoms with Crippen LogP contribution in [-0.4, -0.2) is 41.3 Å². The van der Waals surface area contributed by atoms with Crippen LogP contribution in [0.3, 0.4) is 0 Å². The summed E-state index contributed by atoms with van der Waals surface area (Å²) in [5.41, 5.74) is 0.705. The monoisotopic (exact) mass is 388 g/mol. The van der Waals surface area contributed by atoms with Crippen molar-refractivity contribution in [1.82, 2.24) is 4.90 Å². The molecule has 0 radical (unpaired) electrons. The second-order valence-electron chi connectivity index (χ2n) is 9.73. The summed E-state index contributed by atoms with van der Waals surface area (Å²) in [5.74, 6) is 0.212. The number of aryl methyl sites for hydroxylation is 1. The van der Waals surface area contributed by atoms with Gasteiger partial charge in [0.25, 0.3) is 0 Å². The first kappa shape index (κ1) is 19.7. The fourth-order valence-corrected chi connectivity index (χ4v) is 4.67. The summed E-state index contributed by atoms with van der Waals surface area (Å²) in [6.07, 6.45) is 3.12. The zero-order valence-electron chi connectivity index (χ0n) is 17.6. The Bertz CT molecular complexity index is 785. The molecule has 3 aliphatic heterocycles. The van der Waals surface area contributed by atoms with E-state index in [4.69, 9.17) is 9.31 Å². The van der Waals surface area contributed by atoms with Gasteiger partial charge in [-0.3, -0.25) is 0 Å². The van der Waals surface area contributed by atoms with Gasteiger partial charge in [0.05, 0.1) is 16.9 Å². The zero-order chi connectivity index (χ0) is 20.4. The zero-order valence-corrected chi connectivity index (χ0v) is 17.6. The van der Waals surface area contributed by atoms with Crippen molar-refractivity contribution < 1.29 is 18.5 Å². The maximum atomic E-state index is 14.6. The molecule has 0 aliphatic carbocycles. The average Bonchev–Trinajstić information content (AvgIpc) is 2.77. The van der Waals surface area contributed by atoms with Crippen LogP contribution in [0.2, 0.25) is 0 Å². The van der Waals surface area contributed by atoms with E-state index in [-0.39, 0.29) is 23.8 Å². The van der Waals surface area contributed by atoms with Crippen molar-refractivity contribution in [3.05, 3.63) is 23.5 Å². The fourth-order valence-electron chi connectivity index (χ4n) is 4.67. The maximum absolute atomic E-state index is 14.6. The number of carbonyl (C=O) groups excluding carboxylic acids is 1. The molecule has 5 nitrogen and oxygen atoms in total. The lowest BCUT2D eigenvalue weighted by Crippen LogP contribution is -2.63. The van der Waals surface area contributed by atoms with Crippen molar-refractivity contribution >= 4 is 24.3 Å². The number of fused-ring (bicyclic) bond motifs is 2. The predicted molar refractivity (Wildman–Crippen MR) is 108 cm³/mol. The first-order chi connectivity index (χ1) is 13.0. The third kappa shape index (κ3) is 3.13. The largest absolute Gasteiger partial charge is 0.495 e. The molecule has 152 valence electrons. The molecule has 1 aromatic carbocycles. The second-order valence-corrected chi connectivity index (χ2v) is 9.73. The number of urea groups is 1. The summed E-state index contributed by atoms with van der Waals surface area (Å²) in [4.78, 5) is 14.7. The SMILES string of the molecule is Cc1cc(F)c(NC(=O)N2C3CC(C)C[C@@H]2C3)cc1B1OC(C)(C)C(C)(C)O1. The summed E-state index contributed by atoms with van der Waals surface area (Å²) < 4.78 is 26.8. The molecule has 1 aromatic rings. The van der Waals surface area contributed by atoms with E-state index < -0.39 is 24.1 Å². The van der Waals surface area contributed by atoms with Crippen LogP contribution in [0.1, 0.15) is 59.4 Å². The van der Waals surface area contributed by atoms with Crippen LogP contribution >= 0.6 is 0 Å². The van der Waals surface area contributed by atoms with Gasteiger partial charge >= 0.3 is 13.1 Å². The number of carbonyl (C=O) groups is 1. The van der Waals surface area contributed by atoms with E-state index in [1.54, 1.807) is 6.07 Å². The van der Waals surface area contributed by atoms with Gasteiger partial charge in [0.2, 0.25) is 0 Å². The normalized spacial score (nSPS) is 30.2. The van der Waals surface area contributed by atoms with Crippen LogP contribution in [0.5, 0.6) is 0 Å². The Kier molecular flexibility index (Phi) is 4.55. The molecule has 28 heavy (non-hydrogen) atoms. The summed E-state index contributed by atoms with van der Waals surface area (Å²) in [7, 11) is -0.592. The van der Waals surface area contributed by atoms with E-state index in [0.29, 0.717) is 5.92 Å². The minimum atomic E-state index is -0.592. The molecule has 3 atom stereocenters. The van der Waals surface area contributed by atoms with E-state index in [1.165, 1.54) is 6.07 Å². The van der Waals surface area contributed by atoms with Gasteiger partial charge in [0.1, 0.15) is 5.82 Å². The number of hydrogen-bond donors (Lipinski definition) is 1. The summed E-state index contributed by atoms with van der Waals surface area (Å²) >= 11 is 0. The van der Waals surface area contributed by atoms with Crippen LogP contribution in [0, 0.1) is 18.7 Å². The Morgan fingerprint density at radius 3 is 2.29 bits per heavy atom.